The first kappa shape index (κ1) is 63.7. The van der Waals surface area contributed by atoms with Crippen LogP contribution in [0.25, 0.3) is 0 Å². The van der Waals surface area contributed by atoms with Gasteiger partial charge in [-0.25, -0.2) is 0 Å². The second-order valence-electron chi connectivity index (χ2n) is 20.4. The average molecular weight is 951 g/mol. The summed E-state index contributed by atoms with van der Waals surface area (Å²) < 4.78 is 11.3. The fourth-order valence-electron chi connectivity index (χ4n) is 9.50. The second kappa shape index (κ2) is 48.3. The van der Waals surface area contributed by atoms with Crippen LogP contribution in [0.3, 0.4) is 0 Å². The van der Waals surface area contributed by atoms with Crippen LogP contribution in [0.2, 0.25) is 0 Å². The van der Waals surface area contributed by atoms with Crippen molar-refractivity contribution in [3.63, 3.8) is 0 Å². The molecule has 0 radical (unpaired) electrons. The van der Waals surface area contributed by atoms with Crippen molar-refractivity contribution in [2.45, 2.75) is 326 Å². The number of hydrogen-bond donors (Lipinski definition) is 6. The number of aliphatic hydroxyl groups excluding tert-OH is 5. The van der Waals surface area contributed by atoms with E-state index in [9.17, 15) is 30.3 Å². The monoisotopic (exact) mass is 950 g/mol. The minimum absolute atomic E-state index is 0.135. The SMILES string of the molecule is CC/C=C\C/C=C\CCCCCCCCCCCCCCCCC(=O)NC(COC1OC(CO)C(O)C(O)C1O)C(O)CCCCCCCCCCCCCCCCCCCCCCCCC. The molecule has 0 saturated carbocycles. The normalized spacial score (nSPS) is 19.8. The number of amides is 1. The smallest absolute Gasteiger partial charge is 0.220 e. The third-order valence-electron chi connectivity index (χ3n) is 14.1. The van der Waals surface area contributed by atoms with Gasteiger partial charge in [0.1, 0.15) is 24.4 Å². The van der Waals surface area contributed by atoms with Crippen LogP contribution in [0.15, 0.2) is 24.3 Å². The molecule has 0 aliphatic carbocycles. The molecule has 7 atom stereocenters. The molecule has 9 heteroatoms. The Morgan fingerprint density at radius 2 is 0.925 bits per heavy atom. The molecule has 1 rings (SSSR count). The Labute approximate surface area is 413 Å². The van der Waals surface area contributed by atoms with Gasteiger partial charge in [0.2, 0.25) is 5.91 Å². The fourth-order valence-corrected chi connectivity index (χ4v) is 9.50. The maximum atomic E-state index is 13.1. The Balaban J connectivity index is 2.19. The molecular weight excluding hydrogens is 839 g/mol. The molecule has 7 unspecified atom stereocenters. The molecule has 1 heterocycles. The molecule has 0 spiro atoms. The van der Waals surface area contributed by atoms with Gasteiger partial charge in [-0.05, 0) is 38.5 Å². The number of hydrogen-bond acceptors (Lipinski definition) is 8. The predicted octanol–water partition coefficient (Wildman–Crippen LogP) is 14.2. The third-order valence-corrected chi connectivity index (χ3v) is 14.1. The van der Waals surface area contributed by atoms with Crippen LogP contribution in [-0.2, 0) is 14.3 Å². The molecule has 1 amide bonds. The minimum Gasteiger partial charge on any atom is -0.394 e. The van der Waals surface area contributed by atoms with Crippen molar-refractivity contribution < 1.29 is 39.8 Å². The number of aliphatic hydroxyl groups is 5. The number of rotatable bonds is 50. The summed E-state index contributed by atoms with van der Waals surface area (Å²) in [6.45, 7) is 3.77. The van der Waals surface area contributed by atoms with Crippen LogP contribution < -0.4 is 5.32 Å². The lowest BCUT2D eigenvalue weighted by Gasteiger charge is -2.40. The molecule has 0 bridgehead atoms. The number of carbonyl (C=O) groups is 1. The average Bonchev–Trinajstić information content (AvgIpc) is 3.33. The highest BCUT2D eigenvalue weighted by atomic mass is 16.7. The van der Waals surface area contributed by atoms with Crippen LogP contribution in [0.4, 0.5) is 0 Å². The Bertz CT molecular complexity index is 1100. The topological polar surface area (TPSA) is 149 Å². The highest BCUT2D eigenvalue weighted by Gasteiger charge is 2.44. The molecule has 1 aliphatic rings. The second-order valence-corrected chi connectivity index (χ2v) is 20.4. The summed E-state index contributed by atoms with van der Waals surface area (Å²) in [5.74, 6) is -0.141. The summed E-state index contributed by atoms with van der Waals surface area (Å²) in [5.41, 5.74) is 0. The Morgan fingerprint density at radius 1 is 0.522 bits per heavy atom. The van der Waals surface area contributed by atoms with E-state index in [1.165, 1.54) is 205 Å². The van der Waals surface area contributed by atoms with Gasteiger partial charge >= 0.3 is 0 Å². The lowest BCUT2D eigenvalue weighted by molar-refractivity contribution is -0.302. The Morgan fingerprint density at radius 3 is 1.36 bits per heavy atom. The zero-order valence-corrected chi connectivity index (χ0v) is 43.9. The van der Waals surface area contributed by atoms with Crippen molar-refractivity contribution in [1.82, 2.24) is 5.32 Å². The summed E-state index contributed by atoms with van der Waals surface area (Å²) in [6.07, 6.45) is 53.5. The van der Waals surface area contributed by atoms with E-state index in [0.29, 0.717) is 12.8 Å². The lowest BCUT2D eigenvalue weighted by atomic mass is 9.99. The zero-order chi connectivity index (χ0) is 48.7. The first-order chi connectivity index (χ1) is 32.8. The molecule has 1 fully saturated rings. The van der Waals surface area contributed by atoms with E-state index in [0.717, 1.165) is 51.4 Å². The fraction of sp³-hybridized carbons (Fsp3) is 0.914. The van der Waals surface area contributed by atoms with Gasteiger partial charge in [0.15, 0.2) is 6.29 Å². The standard InChI is InChI=1S/C58H111NO8/c1-3-5-7-9-11-13-15-17-19-21-23-25-26-28-29-31-33-35-37-39-41-43-45-47-52(61)51(50-66-58-57(65)56(64)55(63)53(49-60)67-58)59-54(62)48-46-44-42-40-38-36-34-32-30-27-24-22-20-18-16-14-12-10-8-6-4-2/h6,8,12,14,51-53,55-58,60-61,63-65H,3-5,7,9-11,13,15-50H2,1-2H3,(H,59,62)/b8-6-,14-12-. The molecular formula is C58H111NO8. The van der Waals surface area contributed by atoms with E-state index in [4.69, 9.17) is 9.47 Å². The van der Waals surface area contributed by atoms with Gasteiger partial charge in [0.05, 0.1) is 25.4 Å². The van der Waals surface area contributed by atoms with Gasteiger partial charge < -0.3 is 40.3 Å². The highest BCUT2D eigenvalue weighted by molar-refractivity contribution is 5.76. The third kappa shape index (κ3) is 38.1. The van der Waals surface area contributed by atoms with Crippen molar-refractivity contribution in [1.29, 1.82) is 0 Å². The molecule has 6 N–H and O–H groups in total. The van der Waals surface area contributed by atoms with Gasteiger partial charge in [0.25, 0.3) is 0 Å². The predicted molar refractivity (Wildman–Crippen MR) is 281 cm³/mol. The number of allylic oxidation sites excluding steroid dienone is 4. The quantitative estimate of drug-likeness (QED) is 0.0261. The molecule has 9 nitrogen and oxygen atoms in total. The molecule has 1 saturated heterocycles. The van der Waals surface area contributed by atoms with E-state index in [1.54, 1.807) is 0 Å². The van der Waals surface area contributed by atoms with Crippen LogP contribution in [0.5, 0.6) is 0 Å². The number of nitrogens with one attached hydrogen (secondary N) is 1. The number of carbonyl (C=O) groups excluding carboxylic acids is 1. The van der Waals surface area contributed by atoms with E-state index >= 15 is 0 Å². The van der Waals surface area contributed by atoms with E-state index in [1.807, 2.05) is 0 Å². The van der Waals surface area contributed by atoms with Crippen LogP contribution in [0.1, 0.15) is 284 Å². The maximum Gasteiger partial charge on any atom is 0.220 e. The number of unbranched alkanes of at least 4 members (excludes halogenated alkanes) is 36. The molecule has 0 aromatic carbocycles. The molecule has 396 valence electrons. The van der Waals surface area contributed by atoms with Crippen LogP contribution in [-0.4, -0.2) is 87.5 Å². The zero-order valence-electron chi connectivity index (χ0n) is 43.9. The van der Waals surface area contributed by atoms with Gasteiger partial charge in [-0.3, -0.25) is 4.79 Å². The van der Waals surface area contributed by atoms with E-state index < -0.39 is 49.5 Å². The van der Waals surface area contributed by atoms with Crippen molar-refractivity contribution >= 4 is 5.91 Å². The summed E-state index contributed by atoms with van der Waals surface area (Å²) in [6, 6.07) is -0.718. The summed E-state index contributed by atoms with van der Waals surface area (Å²) in [4.78, 5) is 13.1. The largest absolute Gasteiger partial charge is 0.394 e. The van der Waals surface area contributed by atoms with Crippen molar-refractivity contribution in [3.05, 3.63) is 24.3 Å². The van der Waals surface area contributed by atoms with Crippen molar-refractivity contribution in [3.8, 4) is 0 Å². The van der Waals surface area contributed by atoms with Gasteiger partial charge in [-0.15, -0.1) is 0 Å². The maximum absolute atomic E-state index is 13.1. The summed E-state index contributed by atoms with van der Waals surface area (Å²) >= 11 is 0. The van der Waals surface area contributed by atoms with Crippen molar-refractivity contribution in [2.24, 2.45) is 0 Å². The summed E-state index contributed by atoms with van der Waals surface area (Å²) in [7, 11) is 0. The van der Waals surface area contributed by atoms with E-state index in [2.05, 4.69) is 43.5 Å². The summed E-state index contributed by atoms with van der Waals surface area (Å²) in [5, 5.41) is 54.7. The van der Waals surface area contributed by atoms with E-state index in [-0.39, 0.29) is 12.5 Å². The van der Waals surface area contributed by atoms with Gasteiger partial charge in [-0.1, -0.05) is 263 Å². The van der Waals surface area contributed by atoms with Crippen LogP contribution >= 0.6 is 0 Å². The molecule has 0 aromatic heterocycles. The molecule has 0 aromatic rings. The molecule has 1 aliphatic heterocycles. The first-order valence-corrected chi connectivity index (χ1v) is 29.0. The van der Waals surface area contributed by atoms with Crippen molar-refractivity contribution in [2.75, 3.05) is 13.2 Å². The Kier molecular flexibility index (Phi) is 45.9. The Hall–Kier alpha value is -1.33. The first-order valence-electron chi connectivity index (χ1n) is 29.0. The van der Waals surface area contributed by atoms with Gasteiger partial charge in [-0.2, -0.15) is 0 Å². The number of ether oxygens (including phenoxy) is 2. The lowest BCUT2D eigenvalue weighted by Crippen LogP contribution is -2.60. The highest BCUT2D eigenvalue weighted by Crippen LogP contribution is 2.23. The van der Waals surface area contributed by atoms with Crippen LogP contribution in [0, 0.1) is 0 Å². The minimum atomic E-state index is -1.55. The van der Waals surface area contributed by atoms with Gasteiger partial charge in [0, 0.05) is 6.42 Å². The molecule has 67 heavy (non-hydrogen) atoms.